The summed E-state index contributed by atoms with van der Waals surface area (Å²) in [6.45, 7) is 3.38. The predicted octanol–water partition coefficient (Wildman–Crippen LogP) is 4.97. The summed E-state index contributed by atoms with van der Waals surface area (Å²) in [5.74, 6) is -0.0644. The summed E-state index contributed by atoms with van der Waals surface area (Å²) in [6, 6.07) is 10.3. The number of aryl methyl sites for hydroxylation is 1. The fraction of sp³-hybridized carbons (Fsp3) is 0.227. The van der Waals surface area contributed by atoms with Gasteiger partial charge in [-0.1, -0.05) is 11.6 Å². The first-order valence-electron chi connectivity index (χ1n) is 9.78. The zero-order valence-electron chi connectivity index (χ0n) is 17.9. The lowest BCUT2D eigenvalue weighted by atomic mass is 10.1. The molecule has 0 bridgehead atoms. The van der Waals surface area contributed by atoms with Crippen molar-refractivity contribution in [1.29, 1.82) is 5.26 Å². The Morgan fingerprint density at radius 3 is 2.62 bits per heavy atom. The van der Waals surface area contributed by atoms with Gasteiger partial charge in [-0.25, -0.2) is 14.4 Å². The van der Waals surface area contributed by atoms with E-state index in [-0.39, 0.29) is 0 Å². The third-order valence-electron chi connectivity index (χ3n) is 4.56. The molecule has 0 aliphatic heterocycles. The van der Waals surface area contributed by atoms with Gasteiger partial charge >= 0.3 is 0 Å². The molecular weight excluding hydrogens is 449 g/mol. The van der Waals surface area contributed by atoms with E-state index in [1.54, 1.807) is 36.7 Å². The largest absolute Gasteiger partial charge is 0.372 e. The van der Waals surface area contributed by atoms with Crippen LogP contribution in [0.5, 0.6) is 0 Å². The van der Waals surface area contributed by atoms with Crippen LogP contribution >= 0.6 is 23.5 Å². The van der Waals surface area contributed by atoms with E-state index in [2.05, 4.69) is 31.4 Å². The van der Waals surface area contributed by atoms with Crippen molar-refractivity contribution in [2.24, 2.45) is 0 Å². The van der Waals surface area contributed by atoms with Crippen molar-refractivity contribution in [2.75, 3.05) is 42.1 Å². The molecule has 7 nitrogen and oxygen atoms in total. The SMILES string of the molecule is CNCCN(C)c1cc(C#N)ccc1Nc1cc(F)c(SNc2ncc(C)cn2)cc1Cl. The van der Waals surface area contributed by atoms with E-state index >= 15 is 0 Å². The number of nitrogens with one attached hydrogen (secondary N) is 3. The number of hydrogen-bond acceptors (Lipinski definition) is 8. The number of aromatic nitrogens is 2. The van der Waals surface area contributed by atoms with Gasteiger partial charge in [0.15, 0.2) is 0 Å². The Kier molecular flexibility index (Phi) is 8.11. The summed E-state index contributed by atoms with van der Waals surface area (Å²) in [6.07, 6.45) is 3.35. The van der Waals surface area contributed by atoms with Crippen LogP contribution < -0.4 is 20.3 Å². The molecule has 0 aliphatic rings. The maximum atomic E-state index is 14.8. The molecule has 1 aromatic heterocycles. The molecule has 0 spiro atoms. The van der Waals surface area contributed by atoms with Crippen LogP contribution in [0.3, 0.4) is 0 Å². The van der Waals surface area contributed by atoms with Gasteiger partial charge in [-0.15, -0.1) is 0 Å². The van der Waals surface area contributed by atoms with Crippen molar-refractivity contribution >= 4 is 46.6 Å². The summed E-state index contributed by atoms with van der Waals surface area (Å²) in [5.41, 5.74) is 3.43. The van der Waals surface area contributed by atoms with E-state index in [0.717, 1.165) is 42.0 Å². The van der Waals surface area contributed by atoms with E-state index in [1.165, 1.54) is 6.07 Å². The second kappa shape index (κ2) is 11.0. The molecule has 2 aromatic carbocycles. The summed E-state index contributed by atoms with van der Waals surface area (Å²) < 4.78 is 17.7. The zero-order chi connectivity index (χ0) is 23.1. The Labute approximate surface area is 196 Å². The molecular formula is C22H23ClFN7S. The van der Waals surface area contributed by atoms with E-state index in [4.69, 9.17) is 11.6 Å². The second-order valence-electron chi connectivity index (χ2n) is 7.04. The second-order valence-corrected chi connectivity index (χ2v) is 8.30. The Bertz CT molecular complexity index is 1120. The first-order chi connectivity index (χ1) is 15.4. The maximum Gasteiger partial charge on any atom is 0.233 e. The van der Waals surface area contributed by atoms with Crippen LogP contribution in [0.1, 0.15) is 11.1 Å². The highest BCUT2D eigenvalue weighted by molar-refractivity contribution is 8.00. The van der Waals surface area contributed by atoms with Gasteiger partial charge in [0.05, 0.1) is 38.6 Å². The summed E-state index contributed by atoms with van der Waals surface area (Å²) in [7, 11) is 3.81. The maximum absolute atomic E-state index is 14.8. The zero-order valence-corrected chi connectivity index (χ0v) is 19.5. The number of likely N-dealkylation sites (N-methyl/N-ethyl adjacent to an activating group) is 2. The van der Waals surface area contributed by atoms with E-state index in [1.807, 2.05) is 25.9 Å². The molecule has 0 radical (unpaired) electrons. The van der Waals surface area contributed by atoms with Crippen molar-refractivity contribution in [3.05, 3.63) is 64.7 Å². The summed E-state index contributed by atoms with van der Waals surface area (Å²) >= 11 is 7.49. The Hall–Kier alpha value is -3.06. The fourth-order valence-corrected chi connectivity index (χ4v) is 3.73. The predicted molar refractivity (Wildman–Crippen MR) is 129 cm³/mol. The van der Waals surface area contributed by atoms with Crippen LogP contribution in [0.4, 0.5) is 27.4 Å². The van der Waals surface area contributed by atoms with E-state index in [0.29, 0.717) is 27.1 Å². The number of halogens is 2. The first kappa shape index (κ1) is 23.6. The summed E-state index contributed by atoms with van der Waals surface area (Å²) in [4.78, 5) is 10.6. The highest BCUT2D eigenvalue weighted by Crippen LogP contribution is 2.36. The van der Waals surface area contributed by atoms with Crippen molar-refractivity contribution in [2.45, 2.75) is 11.8 Å². The van der Waals surface area contributed by atoms with Gasteiger partial charge in [-0.3, -0.25) is 4.72 Å². The van der Waals surface area contributed by atoms with Crippen molar-refractivity contribution in [3.63, 3.8) is 0 Å². The molecule has 166 valence electrons. The molecule has 0 saturated carbocycles. The monoisotopic (exact) mass is 471 g/mol. The number of anilines is 4. The van der Waals surface area contributed by atoms with E-state index in [9.17, 15) is 9.65 Å². The third kappa shape index (κ3) is 6.01. The average Bonchev–Trinajstić information content (AvgIpc) is 2.80. The minimum absolute atomic E-state index is 0.316. The first-order valence-corrected chi connectivity index (χ1v) is 11.0. The lowest BCUT2D eigenvalue weighted by Crippen LogP contribution is -2.27. The van der Waals surface area contributed by atoms with Gasteiger partial charge in [0.1, 0.15) is 5.82 Å². The summed E-state index contributed by atoms with van der Waals surface area (Å²) in [5, 5.41) is 15.9. The fourth-order valence-electron chi connectivity index (χ4n) is 2.82. The third-order valence-corrected chi connectivity index (χ3v) is 5.69. The molecule has 3 aromatic rings. The molecule has 3 rings (SSSR count). The number of nitrogens with zero attached hydrogens (tertiary/aromatic N) is 4. The highest BCUT2D eigenvalue weighted by atomic mass is 35.5. The van der Waals surface area contributed by atoms with Crippen molar-refractivity contribution in [1.82, 2.24) is 15.3 Å². The molecule has 0 fully saturated rings. The molecule has 0 atom stereocenters. The van der Waals surface area contributed by atoms with Crippen LogP contribution in [-0.4, -0.2) is 37.2 Å². The number of hydrogen-bond donors (Lipinski definition) is 3. The Balaban J connectivity index is 1.81. The molecule has 3 N–H and O–H groups in total. The van der Waals surface area contributed by atoms with Crippen LogP contribution in [0.15, 0.2) is 47.6 Å². The van der Waals surface area contributed by atoms with Gasteiger partial charge in [0.25, 0.3) is 0 Å². The molecule has 0 amide bonds. The van der Waals surface area contributed by atoms with E-state index < -0.39 is 5.82 Å². The van der Waals surface area contributed by atoms with Gasteiger partial charge in [-0.2, -0.15) is 5.26 Å². The average molecular weight is 472 g/mol. The van der Waals surface area contributed by atoms with Crippen molar-refractivity contribution < 1.29 is 4.39 Å². The topological polar surface area (TPSA) is 88.9 Å². The van der Waals surface area contributed by atoms with Gasteiger partial charge in [0.2, 0.25) is 5.95 Å². The highest BCUT2D eigenvalue weighted by Gasteiger charge is 2.14. The lowest BCUT2D eigenvalue weighted by molar-refractivity contribution is 0.603. The quantitative estimate of drug-likeness (QED) is 0.377. The number of nitriles is 1. The van der Waals surface area contributed by atoms with Crippen LogP contribution in [0.2, 0.25) is 5.02 Å². The Morgan fingerprint density at radius 1 is 1.19 bits per heavy atom. The molecule has 32 heavy (non-hydrogen) atoms. The normalized spacial score (nSPS) is 10.5. The van der Waals surface area contributed by atoms with Gasteiger partial charge < -0.3 is 15.5 Å². The number of rotatable bonds is 9. The van der Waals surface area contributed by atoms with Crippen LogP contribution in [0.25, 0.3) is 0 Å². The molecule has 1 heterocycles. The smallest absolute Gasteiger partial charge is 0.233 e. The molecule has 10 heteroatoms. The van der Waals surface area contributed by atoms with Crippen LogP contribution in [0, 0.1) is 24.1 Å². The molecule has 0 unspecified atom stereocenters. The molecule has 0 saturated heterocycles. The van der Waals surface area contributed by atoms with Gasteiger partial charge in [0, 0.05) is 38.6 Å². The number of benzene rings is 2. The van der Waals surface area contributed by atoms with Crippen LogP contribution in [-0.2, 0) is 0 Å². The molecule has 0 aliphatic carbocycles. The van der Waals surface area contributed by atoms with Gasteiger partial charge in [-0.05, 0) is 55.7 Å². The Morgan fingerprint density at radius 2 is 1.94 bits per heavy atom. The standard InChI is InChI=1S/C22H23ClFN7S/c1-14-12-27-22(28-13-14)30-32-21-9-16(23)19(10-17(21)24)29-18-5-4-15(11-25)8-20(18)31(3)7-6-26-2/h4-5,8-10,12-13,26,29H,6-7H2,1-3H3,(H,27,28,30). The minimum atomic E-state index is -0.444. The minimum Gasteiger partial charge on any atom is -0.372 e. The van der Waals surface area contributed by atoms with Crippen molar-refractivity contribution in [3.8, 4) is 6.07 Å². The lowest BCUT2D eigenvalue weighted by Gasteiger charge is -2.23.